The third-order valence-electron chi connectivity index (χ3n) is 5.22. The quantitative estimate of drug-likeness (QED) is 0.547. The minimum absolute atomic E-state index is 0.0629. The number of carbonyl (C=O) groups excluding carboxylic acids is 2. The molecule has 1 aliphatic carbocycles. The van der Waals surface area contributed by atoms with Crippen LogP contribution in [0.2, 0.25) is 10.0 Å². The van der Waals surface area contributed by atoms with Crippen LogP contribution >= 0.6 is 23.2 Å². The first kappa shape index (κ1) is 18.1. The summed E-state index contributed by atoms with van der Waals surface area (Å²) in [5, 5.41) is 4.49. The Morgan fingerprint density at radius 1 is 1.11 bits per heavy atom. The molecule has 4 nitrogen and oxygen atoms in total. The summed E-state index contributed by atoms with van der Waals surface area (Å²) in [4.78, 5) is 28.4. The Balaban J connectivity index is 1.69. The maximum atomic E-state index is 13.0. The highest BCUT2D eigenvalue weighted by atomic mass is 35.5. The number of benzene rings is 2. The van der Waals surface area contributed by atoms with Gasteiger partial charge in [0.15, 0.2) is 0 Å². The van der Waals surface area contributed by atoms with Crippen LogP contribution in [0.15, 0.2) is 36.4 Å². The third-order valence-corrected chi connectivity index (χ3v) is 5.85. The molecule has 0 unspecified atom stereocenters. The monoisotopic (exact) mass is 400 g/mol. The van der Waals surface area contributed by atoms with E-state index in [1.54, 1.807) is 18.2 Å². The van der Waals surface area contributed by atoms with Gasteiger partial charge >= 0.3 is 0 Å². The molecule has 3 aromatic rings. The molecule has 0 radical (unpaired) electrons. The lowest BCUT2D eigenvalue weighted by Gasteiger charge is -2.24. The zero-order chi connectivity index (χ0) is 19.1. The molecule has 0 bridgehead atoms. The van der Waals surface area contributed by atoms with Gasteiger partial charge in [-0.15, -0.1) is 0 Å². The predicted octanol–water partition coefficient (Wildman–Crippen LogP) is 5.75. The fourth-order valence-corrected chi connectivity index (χ4v) is 3.95. The van der Waals surface area contributed by atoms with E-state index in [2.05, 4.69) is 10.3 Å². The Hall–Kier alpha value is -2.30. The minimum Gasteiger partial charge on any atom is -0.352 e. The van der Waals surface area contributed by atoms with Gasteiger partial charge in [0, 0.05) is 22.5 Å². The maximum absolute atomic E-state index is 13.0. The number of nitrogens with one attached hydrogen (secondary N) is 2. The molecule has 1 amide bonds. The second kappa shape index (κ2) is 7.02. The van der Waals surface area contributed by atoms with Gasteiger partial charge in [0.2, 0.25) is 11.7 Å². The van der Waals surface area contributed by atoms with Crippen molar-refractivity contribution in [3.8, 4) is 0 Å². The van der Waals surface area contributed by atoms with Crippen molar-refractivity contribution >= 4 is 51.5 Å². The summed E-state index contributed by atoms with van der Waals surface area (Å²) >= 11 is 12.4. The topological polar surface area (TPSA) is 62.0 Å². The molecule has 27 heavy (non-hydrogen) atoms. The molecule has 1 aromatic heterocycles. The second-order valence-electron chi connectivity index (χ2n) is 6.93. The average molecular weight is 401 g/mol. The van der Waals surface area contributed by atoms with Crippen LogP contribution in [-0.2, 0) is 4.79 Å². The number of halogens is 2. The third kappa shape index (κ3) is 3.24. The van der Waals surface area contributed by atoms with E-state index in [4.69, 9.17) is 23.2 Å². The van der Waals surface area contributed by atoms with E-state index in [1.807, 2.05) is 25.1 Å². The van der Waals surface area contributed by atoms with Gasteiger partial charge < -0.3 is 10.3 Å². The molecule has 2 N–H and O–H groups in total. The normalized spacial score (nSPS) is 14.2. The highest BCUT2D eigenvalue weighted by molar-refractivity contribution is 6.41. The highest BCUT2D eigenvalue weighted by Crippen LogP contribution is 2.32. The number of amides is 1. The minimum atomic E-state index is -0.251. The van der Waals surface area contributed by atoms with Crippen molar-refractivity contribution in [2.45, 2.75) is 26.2 Å². The van der Waals surface area contributed by atoms with Gasteiger partial charge in [0.1, 0.15) is 0 Å². The smallest absolute Gasteiger partial charge is 0.227 e. The standard InChI is InChI=1S/C21H18Cl2N2O2/c1-11-14-10-13(24-21(27)12-4-2-5-12)8-9-17(14)25-19(11)20(26)18-15(22)6-3-7-16(18)23/h3,6-10,12,25H,2,4-5H2,1H3,(H,24,27). The van der Waals surface area contributed by atoms with E-state index in [-0.39, 0.29) is 23.2 Å². The molecule has 0 saturated heterocycles. The number of H-pyrrole nitrogens is 1. The Morgan fingerprint density at radius 3 is 2.44 bits per heavy atom. The molecule has 1 aliphatic rings. The second-order valence-corrected chi connectivity index (χ2v) is 7.74. The number of hydrogen-bond acceptors (Lipinski definition) is 2. The van der Waals surface area contributed by atoms with Crippen molar-refractivity contribution in [2.24, 2.45) is 5.92 Å². The lowest BCUT2D eigenvalue weighted by Crippen LogP contribution is -2.27. The molecule has 0 atom stereocenters. The van der Waals surface area contributed by atoms with Crippen LogP contribution in [0.4, 0.5) is 5.69 Å². The van der Waals surface area contributed by atoms with Gasteiger partial charge in [-0.1, -0.05) is 35.7 Å². The Labute approximate surface area is 166 Å². The summed E-state index contributed by atoms with van der Waals surface area (Å²) in [7, 11) is 0. The van der Waals surface area contributed by atoms with Crippen molar-refractivity contribution in [1.29, 1.82) is 0 Å². The van der Waals surface area contributed by atoms with Gasteiger partial charge in [-0.25, -0.2) is 0 Å². The molecule has 4 rings (SSSR count). The van der Waals surface area contributed by atoms with E-state index >= 15 is 0 Å². The van der Waals surface area contributed by atoms with Gasteiger partial charge in [0.25, 0.3) is 0 Å². The lowest BCUT2D eigenvalue weighted by atomic mass is 9.85. The largest absolute Gasteiger partial charge is 0.352 e. The van der Waals surface area contributed by atoms with Crippen LogP contribution in [0, 0.1) is 12.8 Å². The first-order chi connectivity index (χ1) is 13.0. The molecular formula is C21H18Cl2N2O2. The number of aromatic nitrogens is 1. The summed E-state index contributed by atoms with van der Waals surface area (Å²) in [6.07, 6.45) is 3.02. The molecule has 1 heterocycles. The number of aryl methyl sites for hydroxylation is 1. The van der Waals surface area contributed by atoms with E-state index in [0.29, 0.717) is 15.7 Å². The van der Waals surface area contributed by atoms with Gasteiger partial charge in [-0.2, -0.15) is 0 Å². The van der Waals surface area contributed by atoms with Crippen molar-refractivity contribution in [3.63, 3.8) is 0 Å². The van der Waals surface area contributed by atoms with Gasteiger partial charge in [0.05, 0.1) is 21.3 Å². The molecule has 0 spiro atoms. The highest BCUT2D eigenvalue weighted by Gasteiger charge is 2.25. The van der Waals surface area contributed by atoms with Crippen LogP contribution < -0.4 is 5.32 Å². The van der Waals surface area contributed by atoms with E-state index in [0.717, 1.165) is 41.4 Å². The molecule has 6 heteroatoms. The number of ketones is 1. The van der Waals surface area contributed by atoms with Crippen molar-refractivity contribution in [3.05, 3.63) is 63.3 Å². The molecule has 1 fully saturated rings. The number of aromatic amines is 1. The summed E-state index contributed by atoms with van der Waals surface area (Å²) in [6.45, 7) is 1.87. The van der Waals surface area contributed by atoms with Gasteiger partial charge in [-0.05, 0) is 55.7 Å². The number of rotatable bonds is 4. The zero-order valence-electron chi connectivity index (χ0n) is 14.7. The first-order valence-corrected chi connectivity index (χ1v) is 9.63. The average Bonchev–Trinajstić information content (AvgIpc) is 2.89. The lowest BCUT2D eigenvalue weighted by molar-refractivity contribution is -0.122. The Kier molecular flexibility index (Phi) is 4.70. The Bertz CT molecular complexity index is 1050. The number of carbonyl (C=O) groups is 2. The summed E-state index contributed by atoms with van der Waals surface area (Å²) in [5.74, 6) is -0.0696. The molecule has 0 aliphatic heterocycles. The van der Waals surface area contributed by atoms with Crippen LogP contribution in [0.1, 0.15) is 40.9 Å². The molecule has 2 aromatic carbocycles. The van der Waals surface area contributed by atoms with Crippen LogP contribution in [0.25, 0.3) is 10.9 Å². The molecule has 1 saturated carbocycles. The zero-order valence-corrected chi connectivity index (χ0v) is 16.2. The fourth-order valence-electron chi connectivity index (χ4n) is 3.39. The van der Waals surface area contributed by atoms with Crippen LogP contribution in [0.3, 0.4) is 0 Å². The van der Waals surface area contributed by atoms with E-state index in [9.17, 15) is 9.59 Å². The fraction of sp³-hybridized carbons (Fsp3) is 0.238. The Morgan fingerprint density at radius 2 is 1.81 bits per heavy atom. The van der Waals surface area contributed by atoms with E-state index < -0.39 is 0 Å². The molecular weight excluding hydrogens is 383 g/mol. The molecule has 138 valence electrons. The first-order valence-electron chi connectivity index (χ1n) is 8.87. The number of hydrogen-bond donors (Lipinski definition) is 2. The summed E-state index contributed by atoms with van der Waals surface area (Å²) < 4.78 is 0. The van der Waals surface area contributed by atoms with Crippen molar-refractivity contribution in [1.82, 2.24) is 4.98 Å². The van der Waals surface area contributed by atoms with Crippen LogP contribution in [-0.4, -0.2) is 16.7 Å². The summed E-state index contributed by atoms with van der Waals surface area (Å²) in [5.41, 5.74) is 3.08. The SMILES string of the molecule is Cc1c(C(=O)c2c(Cl)cccc2Cl)[nH]c2ccc(NC(=O)C3CCC3)cc12. The number of fused-ring (bicyclic) bond motifs is 1. The maximum Gasteiger partial charge on any atom is 0.227 e. The van der Waals surface area contributed by atoms with Crippen molar-refractivity contribution in [2.75, 3.05) is 5.32 Å². The predicted molar refractivity (Wildman–Crippen MR) is 109 cm³/mol. The van der Waals surface area contributed by atoms with Gasteiger partial charge in [-0.3, -0.25) is 9.59 Å². The number of anilines is 1. The summed E-state index contributed by atoms with van der Waals surface area (Å²) in [6, 6.07) is 10.6. The van der Waals surface area contributed by atoms with Crippen molar-refractivity contribution < 1.29 is 9.59 Å². The van der Waals surface area contributed by atoms with E-state index in [1.165, 1.54) is 0 Å². The van der Waals surface area contributed by atoms with Crippen LogP contribution in [0.5, 0.6) is 0 Å².